The molecule has 7 nitrogen and oxygen atoms in total. The molecule has 2 aromatic rings. The number of nitrogens with one attached hydrogen (secondary N) is 1. The molecule has 180 valence electrons. The predicted molar refractivity (Wildman–Crippen MR) is 130 cm³/mol. The number of rotatable bonds is 8. The molecule has 0 aliphatic carbocycles. The van der Waals surface area contributed by atoms with Crippen LogP contribution in [0.2, 0.25) is 0 Å². The fourth-order valence-electron chi connectivity index (χ4n) is 3.92. The number of nitrogens with zero attached hydrogens (tertiary/aromatic N) is 2. The SMILES string of the molecule is Cc1ccc(CN(C(=O)CCCN2C(=O)c3ccccc3C2=O)C(C)C(=O)NC(C)(C)C)cc1. The average molecular weight is 464 g/mol. The zero-order chi connectivity index (χ0) is 25.0. The van der Waals surface area contributed by atoms with E-state index in [1.165, 1.54) is 4.90 Å². The fourth-order valence-corrected chi connectivity index (χ4v) is 3.92. The predicted octanol–water partition coefficient (Wildman–Crippen LogP) is 3.70. The molecule has 0 bridgehead atoms. The van der Waals surface area contributed by atoms with Crippen molar-refractivity contribution in [1.82, 2.24) is 15.1 Å². The first-order valence-corrected chi connectivity index (χ1v) is 11.6. The van der Waals surface area contributed by atoms with Crippen molar-refractivity contribution in [3.8, 4) is 0 Å². The molecule has 7 heteroatoms. The minimum atomic E-state index is -0.674. The summed E-state index contributed by atoms with van der Waals surface area (Å²) in [6, 6.07) is 13.9. The lowest BCUT2D eigenvalue weighted by Gasteiger charge is -2.31. The lowest BCUT2D eigenvalue weighted by molar-refractivity contribution is -0.141. The van der Waals surface area contributed by atoms with E-state index in [4.69, 9.17) is 0 Å². The van der Waals surface area contributed by atoms with E-state index in [9.17, 15) is 19.2 Å². The van der Waals surface area contributed by atoms with Crippen LogP contribution < -0.4 is 5.32 Å². The Bertz CT molecular complexity index is 1050. The number of aryl methyl sites for hydroxylation is 1. The van der Waals surface area contributed by atoms with Gasteiger partial charge < -0.3 is 10.2 Å². The van der Waals surface area contributed by atoms with Gasteiger partial charge in [-0.15, -0.1) is 0 Å². The quantitative estimate of drug-likeness (QED) is 0.605. The molecule has 1 heterocycles. The van der Waals surface area contributed by atoms with Gasteiger partial charge in [-0.1, -0.05) is 42.0 Å². The molecule has 3 rings (SSSR count). The van der Waals surface area contributed by atoms with E-state index in [1.807, 2.05) is 52.0 Å². The number of carbonyl (C=O) groups is 4. The summed E-state index contributed by atoms with van der Waals surface area (Å²) in [7, 11) is 0. The highest BCUT2D eigenvalue weighted by Gasteiger charge is 2.35. The Morgan fingerprint density at radius 2 is 1.53 bits per heavy atom. The van der Waals surface area contributed by atoms with Gasteiger partial charge in [-0.2, -0.15) is 0 Å². The molecule has 4 amide bonds. The normalized spacial score (nSPS) is 14.1. The number of amides is 4. The minimum Gasteiger partial charge on any atom is -0.350 e. The fraction of sp³-hybridized carbons (Fsp3) is 0.407. The molecule has 1 N–H and O–H groups in total. The van der Waals surface area contributed by atoms with Crippen molar-refractivity contribution >= 4 is 23.6 Å². The van der Waals surface area contributed by atoms with Crippen molar-refractivity contribution in [2.24, 2.45) is 0 Å². The van der Waals surface area contributed by atoms with Gasteiger partial charge in [-0.05, 0) is 58.7 Å². The summed E-state index contributed by atoms with van der Waals surface area (Å²) in [5.74, 6) is -1.09. The number of benzene rings is 2. The van der Waals surface area contributed by atoms with Gasteiger partial charge in [-0.25, -0.2) is 0 Å². The molecule has 1 aliphatic rings. The number of hydrogen-bond donors (Lipinski definition) is 1. The Labute approximate surface area is 201 Å². The third-order valence-electron chi connectivity index (χ3n) is 5.79. The summed E-state index contributed by atoms with van der Waals surface area (Å²) < 4.78 is 0. The summed E-state index contributed by atoms with van der Waals surface area (Å²) in [4.78, 5) is 54.0. The molecular weight excluding hydrogens is 430 g/mol. The van der Waals surface area contributed by atoms with E-state index >= 15 is 0 Å². The van der Waals surface area contributed by atoms with Crippen molar-refractivity contribution in [2.45, 2.75) is 65.6 Å². The Hall–Kier alpha value is -3.48. The molecule has 1 unspecified atom stereocenters. The third kappa shape index (κ3) is 5.90. The number of fused-ring (bicyclic) bond motifs is 1. The second-order valence-electron chi connectivity index (χ2n) is 9.83. The van der Waals surface area contributed by atoms with Crippen LogP contribution in [0, 0.1) is 6.92 Å². The van der Waals surface area contributed by atoms with Crippen LogP contribution in [0.15, 0.2) is 48.5 Å². The van der Waals surface area contributed by atoms with Crippen molar-refractivity contribution in [3.05, 3.63) is 70.8 Å². The summed E-state index contributed by atoms with van der Waals surface area (Å²) in [6.07, 6.45) is 0.439. The summed E-state index contributed by atoms with van der Waals surface area (Å²) in [5, 5.41) is 2.94. The summed E-state index contributed by atoms with van der Waals surface area (Å²) in [5.41, 5.74) is 2.41. The molecule has 0 saturated carbocycles. The van der Waals surface area contributed by atoms with Gasteiger partial charge in [0.05, 0.1) is 11.1 Å². The summed E-state index contributed by atoms with van der Waals surface area (Å²) >= 11 is 0. The van der Waals surface area contributed by atoms with Gasteiger partial charge in [0.15, 0.2) is 0 Å². The molecule has 0 radical (unpaired) electrons. The first kappa shape index (κ1) is 25.1. The van der Waals surface area contributed by atoms with Crippen LogP contribution in [0.4, 0.5) is 0 Å². The average Bonchev–Trinajstić information content (AvgIpc) is 3.02. The Kier molecular flexibility index (Phi) is 7.54. The second-order valence-corrected chi connectivity index (χ2v) is 9.83. The minimum absolute atomic E-state index is 0.117. The first-order chi connectivity index (χ1) is 16.0. The third-order valence-corrected chi connectivity index (χ3v) is 5.79. The number of carbonyl (C=O) groups excluding carboxylic acids is 4. The molecule has 2 aromatic carbocycles. The van der Waals surface area contributed by atoms with Gasteiger partial charge in [0.2, 0.25) is 11.8 Å². The molecule has 0 spiro atoms. The van der Waals surface area contributed by atoms with Crippen molar-refractivity contribution < 1.29 is 19.2 Å². The molecule has 1 atom stereocenters. The zero-order valence-corrected chi connectivity index (χ0v) is 20.6. The maximum atomic E-state index is 13.2. The first-order valence-electron chi connectivity index (χ1n) is 11.6. The van der Waals surface area contributed by atoms with Gasteiger partial charge >= 0.3 is 0 Å². The maximum Gasteiger partial charge on any atom is 0.261 e. The van der Waals surface area contributed by atoms with E-state index in [1.54, 1.807) is 36.1 Å². The van der Waals surface area contributed by atoms with E-state index in [-0.39, 0.29) is 36.6 Å². The highest BCUT2D eigenvalue weighted by Crippen LogP contribution is 2.23. The molecular formula is C27H33N3O4. The van der Waals surface area contributed by atoms with Gasteiger partial charge in [0.1, 0.15) is 6.04 Å². The van der Waals surface area contributed by atoms with Crippen LogP contribution in [0.25, 0.3) is 0 Å². The highest BCUT2D eigenvalue weighted by molar-refractivity contribution is 6.21. The Morgan fingerprint density at radius 3 is 2.06 bits per heavy atom. The Morgan fingerprint density at radius 1 is 0.971 bits per heavy atom. The zero-order valence-electron chi connectivity index (χ0n) is 20.6. The standard InChI is InChI=1S/C27H33N3O4/c1-18-12-14-20(15-13-18)17-30(19(2)24(32)28-27(3,4)5)23(31)11-8-16-29-25(33)21-9-6-7-10-22(21)26(29)34/h6-7,9-10,12-15,19H,8,11,16-17H2,1-5H3,(H,28,32). The number of imide groups is 1. The van der Waals surface area contributed by atoms with E-state index in [0.717, 1.165) is 11.1 Å². The second kappa shape index (κ2) is 10.2. The topological polar surface area (TPSA) is 86.8 Å². The van der Waals surface area contributed by atoms with Crippen molar-refractivity contribution in [3.63, 3.8) is 0 Å². The molecule has 0 aromatic heterocycles. The van der Waals surface area contributed by atoms with Gasteiger partial charge in [0.25, 0.3) is 11.8 Å². The van der Waals surface area contributed by atoms with Crippen LogP contribution >= 0.6 is 0 Å². The van der Waals surface area contributed by atoms with Crippen LogP contribution in [0.3, 0.4) is 0 Å². The van der Waals surface area contributed by atoms with Crippen LogP contribution in [0.1, 0.15) is 72.4 Å². The summed E-state index contributed by atoms with van der Waals surface area (Å²) in [6.45, 7) is 9.84. The highest BCUT2D eigenvalue weighted by atomic mass is 16.2. The van der Waals surface area contributed by atoms with Crippen LogP contribution in [-0.2, 0) is 16.1 Å². The molecule has 0 saturated heterocycles. The molecule has 34 heavy (non-hydrogen) atoms. The Balaban J connectivity index is 1.68. The van der Waals surface area contributed by atoms with Crippen LogP contribution in [0.5, 0.6) is 0 Å². The van der Waals surface area contributed by atoms with E-state index in [0.29, 0.717) is 24.1 Å². The molecule has 0 fully saturated rings. The van der Waals surface area contributed by atoms with Gasteiger partial charge in [-0.3, -0.25) is 24.1 Å². The van der Waals surface area contributed by atoms with E-state index < -0.39 is 11.6 Å². The lowest BCUT2D eigenvalue weighted by atomic mass is 10.1. The maximum absolute atomic E-state index is 13.2. The van der Waals surface area contributed by atoms with Crippen molar-refractivity contribution in [1.29, 1.82) is 0 Å². The van der Waals surface area contributed by atoms with E-state index in [2.05, 4.69) is 5.32 Å². The van der Waals surface area contributed by atoms with Crippen LogP contribution in [-0.4, -0.2) is 51.6 Å². The smallest absolute Gasteiger partial charge is 0.261 e. The van der Waals surface area contributed by atoms with Crippen molar-refractivity contribution in [2.75, 3.05) is 6.54 Å². The monoisotopic (exact) mass is 463 g/mol. The van der Waals surface area contributed by atoms with Gasteiger partial charge in [0, 0.05) is 25.0 Å². The largest absolute Gasteiger partial charge is 0.350 e. The number of hydrogen-bond acceptors (Lipinski definition) is 4. The lowest BCUT2D eigenvalue weighted by Crippen LogP contribution is -2.52. The molecule has 1 aliphatic heterocycles.